The van der Waals surface area contributed by atoms with E-state index in [1.54, 1.807) is 52.4 Å². The molecule has 1 aliphatic carbocycles. The van der Waals surface area contributed by atoms with E-state index in [1.807, 2.05) is 0 Å². The molecule has 17 nitrogen and oxygen atoms in total. The van der Waals surface area contributed by atoms with Gasteiger partial charge in [0.15, 0.2) is 5.65 Å². The molecule has 0 unspecified atom stereocenters. The Morgan fingerprint density at radius 2 is 1.45 bits per heavy atom. The van der Waals surface area contributed by atoms with Crippen molar-refractivity contribution < 1.29 is 57.2 Å². The van der Waals surface area contributed by atoms with Gasteiger partial charge in [0, 0.05) is 12.2 Å². The normalized spacial score (nSPS) is 14.5. The van der Waals surface area contributed by atoms with Crippen molar-refractivity contribution in [3.63, 3.8) is 0 Å². The molecule has 1 saturated carbocycles. The van der Waals surface area contributed by atoms with Crippen molar-refractivity contribution in [2.75, 3.05) is 25.7 Å². The Labute approximate surface area is 253 Å². The topological polar surface area (TPSA) is 242 Å². The van der Waals surface area contributed by atoms with E-state index in [0.29, 0.717) is 42.7 Å². The van der Waals surface area contributed by atoms with Crippen LogP contribution in [-0.4, -0.2) is 79.1 Å². The van der Waals surface area contributed by atoms with Crippen LogP contribution in [0.1, 0.15) is 54.4 Å². The summed E-state index contributed by atoms with van der Waals surface area (Å²) in [6.45, 7) is 9.21. The maximum Gasteiger partial charge on any atom is 0.361 e. The van der Waals surface area contributed by atoms with Crippen LogP contribution in [0.4, 0.5) is 5.95 Å². The second-order valence-corrected chi connectivity index (χ2v) is 13.7. The highest BCUT2D eigenvalue weighted by molar-refractivity contribution is 7.53. The molecule has 0 spiro atoms. The molecular weight excluding hydrogens is 605 g/mol. The van der Waals surface area contributed by atoms with Gasteiger partial charge in [-0.1, -0.05) is 0 Å². The number of hydrogen-bond donors (Lipinski definition) is 3. The minimum atomic E-state index is -3.99. The Morgan fingerprint density at radius 1 is 0.955 bits per heavy atom. The number of rotatable bonds is 13. The first kappa shape index (κ1) is 36.3. The van der Waals surface area contributed by atoms with Crippen molar-refractivity contribution >= 4 is 48.6 Å². The Hall–Kier alpha value is -3.92. The van der Waals surface area contributed by atoms with Gasteiger partial charge in [0.1, 0.15) is 11.9 Å². The zero-order chi connectivity index (χ0) is 33.3. The number of fused-ring (bicyclic) bond motifs is 1. The highest BCUT2D eigenvalue weighted by atomic mass is 31.2. The molecule has 0 aliphatic heterocycles. The van der Waals surface area contributed by atoms with Gasteiger partial charge >= 0.3 is 31.5 Å². The molecule has 3 rings (SSSR count). The van der Waals surface area contributed by atoms with E-state index in [9.17, 15) is 23.7 Å². The van der Waals surface area contributed by atoms with Gasteiger partial charge in [-0.05, 0) is 54.4 Å². The summed E-state index contributed by atoms with van der Waals surface area (Å²) in [5, 5.41) is 15.6. The maximum absolute atomic E-state index is 13.4. The molecule has 2 aromatic heterocycles. The first-order valence-corrected chi connectivity index (χ1v) is 14.9. The van der Waals surface area contributed by atoms with Gasteiger partial charge in [-0.3, -0.25) is 23.2 Å². The van der Waals surface area contributed by atoms with E-state index in [2.05, 4.69) is 15.0 Å². The zero-order valence-corrected chi connectivity index (χ0v) is 26.2. The molecule has 0 atom stereocenters. The van der Waals surface area contributed by atoms with Crippen molar-refractivity contribution in [3.05, 3.63) is 24.7 Å². The van der Waals surface area contributed by atoms with E-state index in [1.165, 1.54) is 6.20 Å². The van der Waals surface area contributed by atoms with Crippen LogP contribution in [0.3, 0.4) is 0 Å². The molecular formula is C26H38N5O12P. The SMILES string of the molecule is CC(C)(C)C(=O)OCOP(=O)(COC1(Cn2cnc3cnc(N)nc32)CC1)OCOC(=O)C(C)(C)C.O=C(O)/C=C/C(=O)O. The van der Waals surface area contributed by atoms with Gasteiger partial charge in [0.2, 0.25) is 19.5 Å². The number of nitrogens with zero attached hydrogens (tertiary/aromatic N) is 4. The van der Waals surface area contributed by atoms with Crippen LogP contribution in [0.5, 0.6) is 0 Å². The predicted octanol–water partition coefficient (Wildman–Crippen LogP) is 2.95. The molecule has 244 valence electrons. The van der Waals surface area contributed by atoms with Gasteiger partial charge in [-0.15, -0.1) is 0 Å². The number of imidazole rings is 1. The van der Waals surface area contributed by atoms with Crippen molar-refractivity contribution in [3.8, 4) is 0 Å². The number of hydrogen-bond acceptors (Lipinski definition) is 14. The van der Waals surface area contributed by atoms with Gasteiger partial charge in [0.05, 0.1) is 35.5 Å². The van der Waals surface area contributed by atoms with E-state index >= 15 is 0 Å². The lowest BCUT2D eigenvalue weighted by Gasteiger charge is -2.24. The fourth-order valence-electron chi connectivity index (χ4n) is 3.01. The Kier molecular flexibility index (Phi) is 12.1. The molecule has 18 heteroatoms. The summed E-state index contributed by atoms with van der Waals surface area (Å²) in [7, 11) is -3.99. The molecule has 0 bridgehead atoms. The first-order chi connectivity index (χ1) is 20.3. The van der Waals surface area contributed by atoms with Gasteiger partial charge < -0.3 is 34.7 Å². The summed E-state index contributed by atoms with van der Waals surface area (Å²) >= 11 is 0. The fourth-order valence-corrected chi connectivity index (χ4v) is 4.09. The molecule has 1 aliphatic rings. The van der Waals surface area contributed by atoms with Crippen LogP contribution < -0.4 is 5.73 Å². The first-order valence-electron chi connectivity index (χ1n) is 13.2. The van der Waals surface area contributed by atoms with E-state index < -0.39 is 67.8 Å². The molecule has 4 N–H and O–H groups in total. The van der Waals surface area contributed by atoms with E-state index in [4.69, 9.17) is 39.2 Å². The molecule has 2 heterocycles. The number of anilines is 1. The van der Waals surface area contributed by atoms with E-state index in [0.717, 1.165) is 0 Å². The average Bonchev–Trinajstić information content (AvgIpc) is 3.57. The van der Waals surface area contributed by atoms with E-state index in [-0.39, 0.29) is 5.95 Å². The number of aliphatic carboxylic acids is 2. The molecule has 2 aromatic rings. The Balaban J connectivity index is 0.000000742. The third-order valence-electron chi connectivity index (χ3n) is 5.64. The number of nitrogen functional groups attached to an aromatic ring is 1. The fraction of sp³-hybridized carbons (Fsp3) is 0.577. The highest BCUT2D eigenvalue weighted by Crippen LogP contribution is 2.52. The van der Waals surface area contributed by atoms with Crippen LogP contribution in [0.15, 0.2) is 24.7 Å². The average molecular weight is 644 g/mol. The smallest absolute Gasteiger partial charge is 0.361 e. The van der Waals surface area contributed by atoms with Crippen LogP contribution in [0, 0.1) is 10.8 Å². The molecule has 1 fully saturated rings. The summed E-state index contributed by atoms with van der Waals surface area (Å²) in [6, 6.07) is 0. The quantitative estimate of drug-likeness (QED) is 0.123. The maximum atomic E-state index is 13.4. The summed E-state index contributed by atoms with van der Waals surface area (Å²) in [6.07, 6.45) is 5.17. The third kappa shape index (κ3) is 12.0. The number of carboxylic acid groups (broad SMARTS) is 2. The number of nitrogens with two attached hydrogens (primary N) is 1. The van der Waals surface area contributed by atoms with Crippen molar-refractivity contribution in [1.82, 2.24) is 19.5 Å². The lowest BCUT2D eigenvalue weighted by atomic mass is 9.98. The summed E-state index contributed by atoms with van der Waals surface area (Å²) in [5.74, 6) is -3.47. The predicted molar refractivity (Wildman–Crippen MR) is 153 cm³/mol. The molecule has 0 radical (unpaired) electrons. The van der Waals surface area contributed by atoms with Crippen LogP contribution in [0.25, 0.3) is 11.2 Å². The second-order valence-electron chi connectivity index (χ2n) is 11.7. The van der Waals surface area contributed by atoms with Crippen molar-refractivity contribution in [2.45, 2.75) is 66.5 Å². The Bertz CT molecular complexity index is 1370. The highest BCUT2D eigenvalue weighted by Gasteiger charge is 2.47. The van der Waals surface area contributed by atoms with Crippen LogP contribution in [0.2, 0.25) is 0 Å². The number of esters is 2. The van der Waals surface area contributed by atoms with Crippen LogP contribution >= 0.6 is 7.60 Å². The summed E-state index contributed by atoms with van der Waals surface area (Å²) < 4.78 is 41.9. The number of aromatic nitrogens is 4. The molecule has 0 amide bonds. The van der Waals surface area contributed by atoms with Crippen molar-refractivity contribution in [2.24, 2.45) is 10.8 Å². The largest absolute Gasteiger partial charge is 0.478 e. The monoisotopic (exact) mass is 643 g/mol. The van der Waals surface area contributed by atoms with Gasteiger partial charge in [-0.2, -0.15) is 4.98 Å². The van der Waals surface area contributed by atoms with Gasteiger partial charge in [-0.25, -0.2) is 19.6 Å². The zero-order valence-electron chi connectivity index (χ0n) is 25.3. The molecule has 44 heavy (non-hydrogen) atoms. The lowest BCUT2D eigenvalue weighted by molar-refractivity contribution is -0.162. The number of carboxylic acids is 2. The third-order valence-corrected chi connectivity index (χ3v) is 7.09. The van der Waals surface area contributed by atoms with Crippen molar-refractivity contribution in [1.29, 1.82) is 0 Å². The lowest BCUT2D eigenvalue weighted by Crippen LogP contribution is -2.26. The minimum absolute atomic E-state index is 0.121. The number of carbonyl (C=O) groups excluding carboxylic acids is 2. The number of ether oxygens (including phenoxy) is 3. The van der Waals surface area contributed by atoms with Crippen LogP contribution in [-0.2, 0) is 53.5 Å². The Morgan fingerprint density at radius 3 is 1.89 bits per heavy atom. The molecule has 0 aromatic carbocycles. The summed E-state index contributed by atoms with van der Waals surface area (Å²) in [5.41, 5.74) is 4.64. The number of carbonyl (C=O) groups is 4. The molecule has 0 saturated heterocycles. The standard InChI is InChI=1S/C22H34N5O8P.C4H4O4/c1-20(2,3)17(28)31-12-34-36(30,35-13-32-18(29)21(4,5)6)14-33-22(7-8-22)10-27-11-25-15-9-24-19(23)26-16(15)27;5-3(6)1-2-4(7)8/h9,11H,7-8,10,12-14H2,1-6H3,(H2,23,24,26);1-2H,(H,5,6)(H,7,8)/b;2-1+. The van der Waals surface area contributed by atoms with Gasteiger partial charge in [0.25, 0.3) is 0 Å². The minimum Gasteiger partial charge on any atom is -0.478 e. The summed E-state index contributed by atoms with van der Waals surface area (Å²) in [4.78, 5) is 55.6. The second kappa shape index (κ2) is 14.7.